The Morgan fingerprint density at radius 2 is 0.529 bits per heavy atom. The SMILES string of the molecule is CCCCCCCCCCCCCC(OCC)(OCC)C(CCCC)OC(CCCC)C(CCCCCCCCCCCCC)(OCC)OCC. The Morgan fingerprint density at radius 1 is 0.294 bits per heavy atom. The first-order valence-corrected chi connectivity index (χ1v) is 23.2. The summed E-state index contributed by atoms with van der Waals surface area (Å²) in [5.74, 6) is -1.49. The number of hydrogen-bond acceptors (Lipinski definition) is 5. The van der Waals surface area contributed by atoms with Gasteiger partial charge in [-0.05, 0) is 53.4 Å². The van der Waals surface area contributed by atoms with E-state index in [4.69, 9.17) is 23.7 Å². The number of ether oxygens (including phenoxy) is 5. The molecule has 2 atom stereocenters. The van der Waals surface area contributed by atoms with E-state index < -0.39 is 11.6 Å². The van der Waals surface area contributed by atoms with E-state index >= 15 is 0 Å². The number of unbranched alkanes of at least 4 members (excludes halogenated alkanes) is 22. The summed E-state index contributed by atoms with van der Waals surface area (Å²) in [6.07, 6.45) is 36.9. The Kier molecular flexibility index (Phi) is 36.6. The lowest BCUT2D eigenvalue weighted by molar-refractivity contribution is -0.343. The van der Waals surface area contributed by atoms with Gasteiger partial charge in [0, 0.05) is 39.3 Å². The Morgan fingerprint density at radius 3 is 0.765 bits per heavy atom. The maximum absolute atomic E-state index is 7.40. The molecule has 0 aromatic heterocycles. The van der Waals surface area contributed by atoms with Gasteiger partial charge >= 0.3 is 0 Å². The van der Waals surface area contributed by atoms with Crippen molar-refractivity contribution in [1.29, 1.82) is 0 Å². The highest BCUT2D eigenvalue weighted by molar-refractivity contribution is 4.88. The van der Waals surface area contributed by atoms with E-state index in [0.29, 0.717) is 26.4 Å². The average molecular weight is 727 g/mol. The molecule has 5 heteroatoms. The van der Waals surface area contributed by atoms with Gasteiger partial charge in [0.25, 0.3) is 0 Å². The third-order valence-electron chi connectivity index (χ3n) is 10.8. The highest BCUT2D eigenvalue weighted by atomic mass is 16.7. The zero-order valence-corrected chi connectivity index (χ0v) is 36.2. The topological polar surface area (TPSA) is 46.2 Å². The van der Waals surface area contributed by atoms with E-state index in [1.807, 2.05) is 0 Å². The normalized spacial score (nSPS) is 13.6. The van der Waals surface area contributed by atoms with Crippen LogP contribution in [0.25, 0.3) is 0 Å². The van der Waals surface area contributed by atoms with Crippen LogP contribution in [-0.4, -0.2) is 50.2 Å². The Labute approximate surface area is 321 Å². The summed E-state index contributed by atoms with van der Waals surface area (Å²) < 4.78 is 34.2. The van der Waals surface area contributed by atoms with Crippen LogP contribution >= 0.6 is 0 Å². The molecule has 0 heterocycles. The molecule has 0 rings (SSSR count). The second-order valence-corrected chi connectivity index (χ2v) is 15.3. The first-order chi connectivity index (χ1) is 25.0. The highest BCUT2D eigenvalue weighted by Crippen LogP contribution is 2.38. The Balaban J connectivity index is 5.73. The minimum absolute atomic E-state index is 0.167. The first kappa shape index (κ1) is 50.8. The summed E-state index contributed by atoms with van der Waals surface area (Å²) in [5.41, 5.74) is 0. The van der Waals surface area contributed by atoms with Gasteiger partial charge in [0.05, 0.1) is 0 Å². The predicted molar refractivity (Wildman–Crippen MR) is 222 cm³/mol. The van der Waals surface area contributed by atoms with Crippen LogP contribution in [0.15, 0.2) is 0 Å². The summed E-state index contributed by atoms with van der Waals surface area (Å²) in [5, 5.41) is 0. The van der Waals surface area contributed by atoms with Crippen LogP contribution in [0.1, 0.15) is 248 Å². The molecule has 0 aliphatic rings. The van der Waals surface area contributed by atoms with E-state index in [9.17, 15) is 0 Å². The van der Waals surface area contributed by atoms with E-state index in [2.05, 4.69) is 55.4 Å². The zero-order chi connectivity index (χ0) is 37.7. The van der Waals surface area contributed by atoms with Crippen LogP contribution in [0.3, 0.4) is 0 Å². The lowest BCUT2D eigenvalue weighted by Gasteiger charge is -2.46. The van der Waals surface area contributed by atoms with E-state index in [-0.39, 0.29) is 12.2 Å². The molecule has 0 N–H and O–H groups in total. The van der Waals surface area contributed by atoms with Gasteiger partial charge < -0.3 is 23.7 Å². The molecule has 51 heavy (non-hydrogen) atoms. The summed E-state index contributed by atoms with van der Waals surface area (Å²) in [7, 11) is 0. The third kappa shape index (κ3) is 24.8. The van der Waals surface area contributed by atoms with Crippen molar-refractivity contribution in [2.45, 2.75) is 272 Å². The summed E-state index contributed by atoms with van der Waals surface area (Å²) >= 11 is 0. The van der Waals surface area contributed by atoms with Gasteiger partial charge in [-0.2, -0.15) is 0 Å². The fourth-order valence-corrected chi connectivity index (χ4v) is 7.87. The maximum Gasteiger partial charge on any atom is 0.194 e. The van der Waals surface area contributed by atoms with Gasteiger partial charge in [0.1, 0.15) is 12.2 Å². The van der Waals surface area contributed by atoms with Crippen LogP contribution in [0.2, 0.25) is 0 Å². The summed E-state index contributed by atoms with van der Waals surface area (Å²) in [6.45, 7) is 20.0. The van der Waals surface area contributed by atoms with Crippen molar-refractivity contribution in [3.63, 3.8) is 0 Å². The molecule has 2 unspecified atom stereocenters. The Hall–Kier alpha value is -0.200. The lowest BCUT2D eigenvalue weighted by atomic mass is 9.93. The minimum atomic E-state index is -0.747. The molecule has 0 aromatic carbocycles. The minimum Gasteiger partial charge on any atom is -0.364 e. The fourth-order valence-electron chi connectivity index (χ4n) is 7.87. The van der Waals surface area contributed by atoms with Gasteiger partial charge in [-0.25, -0.2) is 0 Å². The van der Waals surface area contributed by atoms with Crippen LogP contribution in [-0.2, 0) is 23.7 Å². The van der Waals surface area contributed by atoms with E-state index in [1.165, 1.54) is 128 Å². The highest BCUT2D eigenvalue weighted by Gasteiger charge is 2.47. The molecular formula is C46H94O5. The van der Waals surface area contributed by atoms with Crippen molar-refractivity contribution >= 4 is 0 Å². The van der Waals surface area contributed by atoms with Gasteiger partial charge in [-0.15, -0.1) is 0 Å². The molecule has 0 amide bonds. The largest absolute Gasteiger partial charge is 0.364 e. The number of hydrogen-bond donors (Lipinski definition) is 0. The van der Waals surface area contributed by atoms with Crippen molar-refractivity contribution < 1.29 is 23.7 Å². The van der Waals surface area contributed by atoms with Gasteiger partial charge in [0.2, 0.25) is 0 Å². The monoisotopic (exact) mass is 727 g/mol. The molecule has 0 radical (unpaired) electrons. The van der Waals surface area contributed by atoms with Crippen molar-refractivity contribution in [3.8, 4) is 0 Å². The van der Waals surface area contributed by atoms with E-state index in [1.54, 1.807) is 0 Å². The molecule has 0 aliphatic heterocycles. The van der Waals surface area contributed by atoms with Crippen LogP contribution in [0.4, 0.5) is 0 Å². The van der Waals surface area contributed by atoms with Crippen molar-refractivity contribution in [2.75, 3.05) is 26.4 Å². The van der Waals surface area contributed by atoms with Crippen molar-refractivity contribution in [2.24, 2.45) is 0 Å². The quantitative estimate of drug-likeness (QED) is 0.0463. The van der Waals surface area contributed by atoms with Gasteiger partial charge in [-0.3, -0.25) is 0 Å². The fraction of sp³-hybridized carbons (Fsp3) is 1.00. The third-order valence-corrected chi connectivity index (χ3v) is 10.8. The summed E-state index contributed by atoms with van der Waals surface area (Å²) in [6, 6.07) is 0. The van der Waals surface area contributed by atoms with Crippen molar-refractivity contribution in [3.05, 3.63) is 0 Å². The molecule has 0 fully saturated rings. The standard InChI is InChI=1S/C46H94O5/c1-9-17-21-23-25-27-29-31-33-35-37-41-45(47-13-5,48-14-6)43(39-19-11-3)51-44(40-20-12-4)46(49-15-7,50-16-8)42-38-36-34-32-30-28-26-24-22-18-10-2/h43-44H,9-42H2,1-8H3. The first-order valence-electron chi connectivity index (χ1n) is 23.2. The van der Waals surface area contributed by atoms with E-state index in [0.717, 1.165) is 64.2 Å². The van der Waals surface area contributed by atoms with Gasteiger partial charge in [-0.1, -0.05) is 182 Å². The van der Waals surface area contributed by atoms with Crippen LogP contribution in [0, 0.1) is 0 Å². The molecule has 0 aromatic rings. The van der Waals surface area contributed by atoms with Gasteiger partial charge in [0.15, 0.2) is 11.6 Å². The molecular weight excluding hydrogens is 633 g/mol. The average Bonchev–Trinajstić information content (AvgIpc) is 3.12. The van der Waals surface area contributed by atoms with Crippen LogP contribution in [0.5, 0.6) is 0 Å². The molecule has 0 aliphatic carbocycles. The van der Waals surface area contributed by atoms with Crippen LogP contribution < -0.4 is 0 Å². The molecule has 0 saturated carbocycles. The predicted octanol–water partition coefficient (Wildman–Crippen LogP) is 15.1. The zero-order valence-electron chi connectivity index (χ0n) is 36.2. The molecule has 0 spiro atoms. The molecule has 0 saturated heterocycles. The smallest absolute Gasteiger partial charge is 0.194 e. The van der Waals surface area contributed by atoms with Crippen molar-refractivity contribution in [1.82, 2.24) is 0 Å². The summed E-state index contributed by atoms with van der Waals surface area (Å²) in [4.78, 5) is 0. The Bertz CT molecular complexity index is 617. The molecule has 0 bridgehead atoms. The molecule has 5 nitrogen and oxygen atoms in total. The second kappa shape index (κ2) is 36.8. The lowest BCUT2D eigenvalue weighted by Crippen LogP contribution is -2.56. The maximum atomic E-state index is 7.40. The molecule has 308 valence electrons. The number of rotatable bonds is 42. The second-order valence-electron chi connectivity index (χ2n) is 15.3.